The summed E-state index contributed by atoms with van der Waals surface area (Å²) in [5.74, 6) is 4.31. The Kier molecular flexibility index (Phi) is 7.34. The highest BCUT2D eigenvalue weighted by Crippen LogP contribution is 2.28. The van der Waals surface area contributed by atoms with E-state index in [0.29, 0.717) is 16.7 Å². The van der Waals surface area contributed by atoms with E-state index < -0.39 is 17.9 Å². The summed E-state index contributed by atoms with van der Waals surface area (Å²) in [6.07, 6.45) is 0.0802. The lowest BCUT2D eigenvalue weighted by Gasteiger charge is -2.24. The van der Waals surface area contributed by atoms with Crippen molar-refractivity contribution in [1.82, 2.24) is 4.90 Å². The maximum absolute atomic E-state index is 12.7. The largest absolute Gasteiger partial charge is 0.469 e. The first kappa shape index (κ1) is 20.4. The number of nitrogens with two attached hydrogens (primary N) is 1. The number of methoxy groups -OCH3 is 1. The molecule has 0 radical (unpaired) electrons. The lowest BCUT2D eigenvalue weighted by molar-refractivity contribution is -0.141. The fourth-order valence-corrected chi connectivity index (χ4v) is 2.85. The minimum Gasteiger partial charge on any atom is -0.469 e. The van der Waals surface area contributed by atoms with Crippen LogP contribution in [0.15, 0.2) is 18.2 Å². The number of carbonyl (C=O) groups is 3. The Balaban J connectivity index is 2.18. The second kappa shape index (κ2) is 9.71. The van der Waals surface area contributed by atoms with Gasteiger partial charge in [-0.2, -0.15) is 0 Å². The highest BCUT2D eigenvalue weighted by Gasteiger charge is 2.36. The van der Waals surface area contributed by atoms with E-state index in [2.05, 4.69) is 16.6 Å². The number of ether oxygens (including phenoxy) is 2. The highest BCUT2D eigenvalue weighted by atomic mass is 16.5. The normalized spacial score (nSPS) is 13.6. The van der Waals surface area contributed by atoms with E-state index in [1.165, 1.54) is 12.0 Å². The molecule has 1 unspecified atom stereocenters. The van der Waals surface area contributed by atoms with Crippen molar-refractivity contribution in [3.63, 3.8) is 0 Å². The van der Waals surface area contributed by atoms with Crippen molar-refractivity contribution in [1.29, 1.82) is 0 Å². The predicted octanol–water partition coefficient (Wildman–Crippen LogP) is -0.190. The van der Waals surface area contributed by atoms with Gasteiger partial charge in [-0.25, -0.2) is 0 Å². The monoisotopic (exact) mass is 374 g/mol. The summed E-state index contributed by atoms with van der Waals surface area (Å²) in [4.78, 5) is 37.3. The van der Waals surface area contributed by atoms with Crippen LogP contribution in [0.5, 0.6) is 0 Å². The van der Waals surface area contributed by atoms with Gasteiger partial charge in [-0.1, -0.05) is 17.9 Å². The van der Waals surface area contributed by atoms with Crippen LogP contribution >= 0.6 is 0 Å². The van der Waals surface area contributed by atoms with Gasteiger partial charge >= 0.3 is 5.97 Å². The number of hydrogen-bond acceptors (Lipinski definition) is 6. The van der Waals surface area contributed by atoms with E-state index in [1.54, 1.807) is 18.2 Å². The Bertz CT molecular complexity index is 780. The Morgan fingerprint density at radius 2 is 2.19 bits per heavy atom. The van der Waals surface area contributed by atoms with Crippen molar-refractivity contribution in [2.75, 3.05) is 26.9 Å². The van der Waals surface area contributed by atoms with Crippen molar-refractivity contribution in [2.45, 2.75) is 25.4 Å². The average molecular weight is 374 g/mol. The lowest BCUT2D eigenvalue weighted by atomic mass is 10.0. The molecule has 144 valence electrons. The number of aliphatic hydroxyl groups is 1. The molecule has 2 rings (SSSR count). The molecule has 0 aromatic heterocycles. The third-order valence-corrected chi connectivity index (χ3v) is 4.18. The average Bonchev–Trinajstić information content (AvgIpc) is 2.99. The molecule has 0 bridgehead atoms. The molecule has 0 saturated carbocycles. The zero-order valence-electron chi connectivity index (χ0n) is 15.1. The van der Waals surface area contributed by atoms with Crippen LogP contribution in [-0.4, -0.2) is 60.8 Å². The van der Waals surface area contributed by atoms with Crippen LogP contribution in [0.1, 0.15) is 34.3 Å². The van der Waals surface area contributed by atoms with Crippen LogP contribution in [0, 0.1) is 11.8 Å². The van der Waals surface area contributed by atoms with E-state index in [4.69, 9.17) is 15.6 Å². The van der Waals surface area contributed by atoms with Gasteiger partial charge in [0, 0.05) is 24.1 Å². The number of rotatable bonds is 8. The van der Waals surface area contributed by atoms with E-state index in [-0.39, 0.29) is 45.1 Å². The van der Waals surface area contributed by atoms with Crippen LogP contribution in [0.3, 0.4) is 0 Å². The molecule has 1 heterocycles. The predicted molar refractivity (Wildman–Crippen MR) is 95.3 cm³/mol. The third-order valence-electron chi connectivity index (χ3n) is 4.18. The van der Waals surface area contributed by atoms with E-state index in [0.717, 1.165) is 0 Å². The van der Waals surface area contributed by atoms with Crippen LogP contribution in [-0.2, 0) is 25.6 Å². The maximum Gasteiger partial charge on any atom is 0.305 e. The summed E-state index contributed by atoms with van der Waals surface area (Å²) in [7, 11) is 1.26. The molecule has 0 spiro atoms. The number of aliphatic hydroxyl groups excluding tert-OH is 1. The Labute approximate surface area is 157 Å². The van der Waals surface area contributed by atoms with Gasteiger partial charge < -0.3 is 25.2 Å². The number of benzene rings is 1. The first-order valence-corrected chi connectivity index (χ1v) is 8.46. The molecule has 0 fully saturated rings. The number of esters is 1. The minimum absolute atomic E-state index is 0.0148. The maximum atomic E-state index is 12.7. The molecule has 8 nitrogen and oxygen atoms in total. The van der Waals surface area contributed by atoms with Crippen molar-refractivity contribution >= 4 is 17.8 Å². The van der Waals surface area contributed by atoms with Gasteiger partial charge in [-0.05, 0) is 24.1 Å². The summed E-state index contributed by atoms with van der Waals surface area (Å²) in [6.45, 7) is 0.469. The Morgan fingerprint density at radius 3 is 2.85 bits per heavy atom. The van der Waals surface area contributed by atoms with Gasteiger partial charge in [0.05, 0.1) is 20.3 Å². The summed E-state index contributed by atoms with van der Waals surface area (Å²) >= 11 is 0. The fraction of sp³-hybridized carbons (Fsp3) is 0.421. The second-order valence-corrected chi connectivity index (χ2v) is 5.88. The number of fused-ring (bicyclic) bond motifs is 1. The van der Waals surface area contributed by atoms with Crippen LogP contribution in [0.4, 0.5) is 0 Å². The second-order valence-electron chi connectivity index (χ2n) is 5.88. The molecule has 1 aromatic rings. The number of amides is 2. The Morgan fingerprint density at radius 1 is 1.41 bits per heavy atom. The SMILES string of the molecule is COC(=O)CCC(C(N)=O)N1Cc2c(C#CCOCCO)cccc2C1=O. The zero-order chi connectivity index (χ0) is 19.8. The number of nitrogens with zero attached hydrogens (tertiary/aromatic N) is 1. The fourth-order valence-electron chi connectivity index (χ4n) is 2.85. The van der Waals surface area contributed by atoms with Gasteiger partial charge in [0.15, 0.2) is 0 Å². The van der Waals surface area contributed by atoms with Gasteiger partial charge in [0.1, 0.15) is 12.6 Å². The minimum atomic E-state index is -0.905. The highest BCUT2D eigenvalue weighted by molar-refractivity contribution is 6.01. The van der Waals surface area contributed by atoms with Gasteiger partial charge in [0.25, 0.3) is 5.91 Å². The van der Waals surface area contributed by atoms with E-state index in [9.17, 15) is 14.4 Å². The summed E-state index contributed by atoms with van der Waals surface area (Å²) in [5.41, 5.74) is 7.29. The molecule has 2 amide bonds. The van der Waals surface area contributed by atoms with Gasteiger partial charge in [0.2, 0.25) is 5.91 Å². The van der Waals surface area contributed by atoms with Crippen LogP contribution in [0.2, 0.25) is 0 Å². The van der Waals surface area contributed by atoms with E-state index >= 15 is 0 Å². The van der Waals surface area contributed by atoms with Gasteiger partial charge in [-0.3, -0.25) is 14.4 Å². The number of carbonyl (C=O) groups excluding carboxylic acids is 3. The molecule has 1 atom stereocenters. The molecule has 1 aromatic carbocycles. The summed E-state index contributed by atoms with van der Waals surface area (Å²) in [5, 5.41) is 8.68. The summed E-state index contributed by atoms with van der Waals surface area (Å²) in [6, 6.07) is 4.26. The smallest absolute Gasteiger partial charge is 0.305 e. The number of hydrogen-bond donors (Lipinski definition) is 2. The lowest BCUT2D eigenvalue weighted by Crippen LogP contribution is -2.45. The molecule has 0 saturated heterocycles. The Hall–Kier alpha value is -2.89. The molecule has 3 N–H and O–H groups in total. The number of primary amides is 1. The third kappa shape index (κ3) is 5.06. The summed E-state index contributed by atoms with van der Waals surface area (Å²) < 4.78 is 9.68. The topological polar surface area (TPSA) is 119 Å². The van der Waals surface area contributed by atoms with Crippen molar-refractivity contribution < 1.29 is 29.0 Å². The van der Waals surface area contributed by atoms with Gasteiger partial charge in [-0.15, -0.1) is 0 Å². The molecule has 1 aliphatic rings. The van der Waals surface area contributed by atoms with Crippen LogP contribution in [0.25, 0.3) is 0 Å². The van der Waals surface area contributed by atoms with E-state index in [1.807, 2.05) is 0 Å². The first-order valence-electron chi connectivity index (χ1n) is 8.46. The zero-order valence-corrected chi connectivity index (χ0v) is 15.1. The molecule has 27 heavy (non-hydrogen) atoms. The van der Waals surface area contributed by atoms with Crippen molar-refractivity contribution in [3.05, 3.63) is 34.9 Å². The standard InChI is InChI=1S/C19H22N2O6/c1-26-17(23)8-7-16(18(20)24)21-12-15-13(5-3-10-27-11-9-22)4-2-6-14(15)19(21)25/h2,4,6,16,22H,7-12H2,1H3,(H2,20,24). The van der Waals surface area contributed by atoms with Crippen molar-refractivity contribution in [2.24, 2.45) is 5.73 Å². The quantitative estimate of drug-likeness (QED) is 0.370. The molecule has 8 heteroatoms. The molecular weight excluding hydrogens is 352 g/mol. The molecular formula is C19H22N2O6. The first-order chi connectivity index (χ1) is 13.0. The van der Waals surface area contributed by atoms with Crippen LogP contribution < -0.4 is 5.73 Å². The molecule has 1 aliphatic heterocycles. The molecule has 0 aliphatic carbocycles. The van der Waals surface area contributed by atoms with Crippen molar-refractivity contribution in [3.8, 4) is 11.8 Å².